The van der Waals surface area contributed by atoms with Gasteiger partial charge in [-0.2, -0.15) is 0 Å². The van der Waals surface area contributed by atoms with Crippen LogP contribution in [0.1, 0.15) is 21.7 Å². The Balaban J connectivity index is 1.98. The Morgan fingerprint density at radius 1 is 1.48 bits per heavy atom. The van der Waals surface area contributed by atoms with Gasteiger partial charge in [-0.3, -0.25) is 9.78 Å². The van der Waals surface area contributed by atoms with Gasteiger partial charge in [0.15, 0.2) is 0 Å². The first-order valence-electron chi connectivity index (χ1n) is 6.22. The Kier molecular flexibility index (Phi) is 3.34. The molecule has 108 valence electrons. The molecule has 0 radical (unpaired) electrons. The number of carbonyl (C=O) groups is 2. The number of carboxylic acid groups (broad SMARTS) is 1. The van der Waals surface area contributed by atoms with Gasteiger partial charge in [0.25, 0.3) is 5.91 Å². The van der Waals surface area contributed by atoms with Crippen molar-refractivity contribution in [3.63, 3.8) is 0 Å². The number of imidazole rings is 1. The van der Waals surface area contributed by atoms with Gasteiger partial charge in [0.1, 0.15) is 6.04 Å². The maximum atomic E-state index is 12.6. The summed E-state index contributed by atoms with van der Waals surface area (Å²) >= 11 is 5.97. The minimum Gasteiger partial charge on any atom is -0.480 e. The van der Waals surface area contributed by atoms with Crippen molar-refractivity contribution in [1.82, 2.24) is 19.9 Å². The molecule has 8 heteroatoms. The number of fused-ring (bicyclic) bond motifs is 1. The summed E-state index contributed by atoms with van der Waals surface area (Å²) in [6, 6.07) is 0.518. The second kappa shape index (κ2) is 5.17. The maximum Gasteiger partial charge on any atom is 0.326 e. The molecule has 1 aliphatic heterocycles. The molecule has 0 aliphatic carbocycles. The largest absolute Gasteiger partial charge is 0.480 e. The number of carboxylic acids is 1. The van der Waals surface area contributed by atoms with Gasteiger partial charge < -0.3 is 15.0 Å². The lowest BCUT2D eigenvalue weighted by molar-refractivity contribution is -0.142. The molecule has 0 fully saturated rings. The van der Waals surface area contributed by atoms with Crippen LogP contribution in [0.5, 0.6) is 0 Å². The van der Waals surface area contributed by atoms with Gasteiger partial charge in [-0.25, -0.2) is 9.78 Å². The van der Waals surface area contributed by atoms with Gasteiger partial charge >= 0.3 is 5.97 Å². The zero-order valence-electron chi connectivity index (χ0n) is 10.8. The minimum absolute atomic E-state index is 0.157. The van der Waals surface area contributed by atoms with Gasteiger partial charge in [-0.15, -0.1) is 0 Å². The van der Waals surface area contributed by atoms with Crippen molar-refractivity contribution in [3.05, 3.63) is 46.8 Å². The van der Waals surface area contributed by atoms with Crippen LogP contribution in [-0.4, -0.2) is 42.9 Å². The van der Waals surface area contributed by atoms with Crippen LogP contribution in [0.25, 0.3) is 0 Å². The third-order valence-electron chi connectivity index (χ3n) is 3.45. The zero-order chi connectivity index (χ0) is 15.0. The average Bonchev–Trinajstić information content (AvgIpc) is 2.93. The fourth-order valence-corrected chi connectivity index (χ4v) is 2.57. The van der Waals surface area contributed by atoms with Crippen LogP contribution >= 0.6 is 11.6 Å². The molecule has 0 bridgehead atoms. The highest BCUT2D eigenvalue weighted by Crippen LogP contribution is 2.25. The number of H-pyrrole nitrogens is 1. The van der Waals surface area contributed by atoms with Crippen LogP contribution < -0.4 is 0 Å². The normalized spacial score (nSPS) is 17.4. The van der Waals surface area contributed by atoms with Crippen LogP contribution in [0, 0.1) is 0 Å². The molecule has 0 saturated heterocycles. The number of nitrogens with one attached hydrogen (secondary N) is 1. The van der Waals surface area contributed by atoms with Crippen molar-refractivity contribution in [1.29, 1.82) is 0 Å². The van der Waals surface area contributed by atoms with E-state index in [-0.39, 0.29) is 23.6 Å². The van der Waals surface area contributed by atoms with Gasteiger partial charge in [-0.05, 0) is 6.07 Å². The number of aromatic nitrogens is 3. The monoisotopic (exact) mass is 306 g/mol. The zero-order valence-corrected chi connectivity index (χ0v) is 11.5. The van der Waals surface area contributed by atoms with Crippen LogP contribution in [-0.2, 0) is 17.8 Å². The number of aliphatic carboxylic acids is 1. The van der Waals surface area contributed by atoms with Crippen molar-refractivity contribution in [2.75, 3.05) is 0 Å². The number of aromatic amines is 1. The molecule has 1 atom stereocenters. The maximum absolute atomic E-state index is 12.6. The van der Waals surface area contributed by atoms with Gasteiger partial charge in [0, 0.05) is 18.8 Å². The lowest BCUT2D eigenvalue weighted by Gasteiger charge is -2.32. The number of carbonyl (C=O) groups excluding carboxylic acids is 1. The fourth-order valence-electron chi connectivity index (χ4n) is 2.37. The Hall–Kier alpha value is -2.41. The van der Waals surface area contributed by atoms with E-state index in [0.29, 0.717) is 5.69 Å². The molecular formula is C13H11ClN4O3. The second-order valence-corrected chi connectivity index (χ2v) is 5.08. The lowest BCUT2D eigenvalue weighted by atomic mass is 10.0. The molecule has 3 rings (SSSR count). The van der Waals surface area contributed by atoms with E-state index in [1.165, 1.54) is 29.7 Å². The van der Waals surface area contributed by atoms with Crippen molar-refractivity contribution in [2.24, 2.45) is 0 Å². The Labute approximate surface area is 124 Å². The predicted octanol–water partition coefficient (Wildman–Crippen LogP) is 1.11. The third-order valence-corrected chi connectivity index (χ3v) is 3.75. The van der Waals surface area contributed by atoms with E-state index in [1.807, 2.05) is 0 Å². The molecule has 0 spiro atoms. The summed E-state index contributed by atoms with van der Waals surface area (Å²) in [7, 11) is 0. The van der Waals surface area contributed by atoms with Crippen LogP contribution in [0.2, 0.25) is 5.02 Å². The van der Waals surface area contributed by atoms with Gasteiger partial charge in [-0.1, -0.05) is 11.6 Å². The van der Waals surface area contributed by atoms with Crippen molar-refractivity contribution in [2.45, 2.75) is 19.0 Å². The molecule has 21 heavy (non-hydrogen) atoms. The summed E-state index contributed by atoms with van der Waals surface area (Å²) < 4.78 is 0. The standard InChI is InChI=1S/C13H11ClN4O3/c14-8-4-15-2-1-7(8)12(19)18-5-10-9(16-6-17-10)3-11(18)13(20)21/h1-2,4,6,11H,3,5H2,(H,16,17)(H,20,21). The summed E-state index contributed by atoms with van der Waals surface area (Å²) in [4.78, 5) is 36.1. The van der Waals surface area contributed by atoms with Crippen LogP contribution in [0.15, 0.2) is 24.8 Å². The van der Waals surface area contributed by atoms with E-state index < -0.39 is 17.9 Å². The molecule has 2 aromatic rings. The number of pyridine rings is 1. The number of hydrogen-bond donors (Lipinski definition) is 2. The fraction of sp³-hybridized carbons (Fsp3) is 0.231. The summed E-state index contributed by atoms with van der Waals surface area (Å²) in [6.07, 6.45) is 4.47. The van der Waals surface area contributed by atoms with E-state index in [2.05, 4.69) is 15.0 Å². The minimum atomic E-state index is -1.07. The smallest absolute Gasteiger partial charge is 0.326 e. The number of halogens is 1. The molecule has 7 nitrogen and oxygen atoms in total. The van der Waals surface area contributed by atoms with Gasteiger partial charge in [0.05, 0.1) is 34.8 Å². The number of nitrogens with zero attached hydrogens (tertiary/aromatic N) is 3. The van der Waals surface area contributed by atoms with Crippen LogP contribution in [0.3, 0.4) is 0 Å². The molecule has 1 amide bonds. The third kappa shape index (κ3) is 2.36. The highest BCUT2D eigenvalue weighted by molar-refractivity contribution is 6.33. The summed E-state index contributed by atoms with van der Waals surface area (Å²) in [5.74, 6) is -1.50. The molecule has 2 N–H and O–H groups in total. The molecule has 0 aromatic carbocycles. The second-order valence-electron chi connectivity index (χ2n) is 4.67. The molecule has 3 heterocycles. The highest BCUT2D eigenvalue weighted by Gasteiger charge is 2.36. The Bertz CT molecular complexity index is 715. The number of rotatable bonds is 2. The predicted molar refractivity (Wildman–Crippen MR) is 72.8 cm³/mol. The first-order chi connectivity index (χ1) is 10.1. The summed E-state index contributed by atoms with van der Waals surface area (Å²) in [5.41, 5.74) is 1.65. The Morgan fingerprint density at radius 2 is 2.29 bits per heavy atom. The SMILES string of the molecule is O=C(O)C1Cc2nc[nH]c2CN1C(=O)c1ccncc1Cl. The molecular weight excluding hydrogens is 296 g/mol. The average molecular weight is 307 g/mol. The molecule has 2 aromatic heterocycles. The lowest BCUT2D eigenvalue weighted by Crippen LogP contribution is -2.48. The first-order valence-corrected chi connectivity index (χ1v) is 6.60. The molecule has 1 unspecified atom stereocenters. The summed E-state index contributed by atoms with van der Waals surface area (Å²) in [6.45, 7) is 0.157. The quantitative estimate of drug-likeness (QED) is 0.866. The first kappa shape index (κ1) is 13.6. The van der Waals surface area contributed by atoms with E-state index >= 15 is 0 Å². The van der Waals surface area contributed by atoms with Gasteiger partial charge in [0.2, 0.25) is 0 Å². The van der Waals surface area contributed by atoms with Crippen molar-refractivity contribution < 1.29 is 14.7 Å². The van der Waals surface area contributed by atoms with Crippen molar-refractivity contribution in [3.8, 4) is 0 Å². The van der Waals surface area contributed by atoms with E-state index in [1.54, 1.807) is 0 Å². The van der Waals surface area contributed by atoms with Crippen molar-refractivity contribution >= 4 is 23.5 Å². The molecule has 0 saturated carbocycles. The Morgan fingerprint density at radius 3 is 3.00 bits per heavy atom. The number of amides is 1. The topological polar surface area (TPSA) is 99.2 Å². The highest BCUT2D eigenvalue weighted by atomic mass is 35.5. The molecule has 1 aliphatic rings. The van der Waals surface area contributed by atoms with E-state index in [9.17, 15) is 14.7 Å². The van der Waals surface area contributed by atoms with E-state index in [0.717, 1.165) is 5.69 Å². The van der Waals surface area contributed by atoms with Crippen LogP contribution in [0.4, 0.5) is 0 Å². The summed E-state index contributed by atoms with van der Waals surface area (Å²) in [5, 5.41) is 9.56. The number of hydrogen-bond acceptors (Lipinski definition) is 4. The van der Waals surface area contributed by atoms with E-state index in [4.69, 9.17) is 11.6 Å².